The average Bonchev–Trinajstić information content (AvgIpc) is 3.44. The van der Waals surface area contributed by atoms with Crippen LogP contribution in [0.1, 0.15) is 23.4 Å². The lowest BCUT2D eigenvalue weighted by Gasteiger charge is -2.28. The second kappa shape index (κ2) is 8.96. The molecule has 0 bridgehead atoms. The van der Waals surface area contributed by atoms with E-state index in [4.69, 9.17) is 26.4 Å². The van der Waals surface area contributed by atoms with Crippen LogP contribution in [0.25, 0.3) is 11.4 Å². The van der Waals surface area contributed by atoms with E-state index in [0.29, 0.717) is 39.5 Å². The largest absolute Gasteiger partial charge is 0.495 e. The SMILES string of the molecule is COc1ccccc1NC(=O)C1=C(C)Nc2nc(-c3ccc(Cl)cc3)nn2C1c1sccc1C. The highest BCUT2D eigenvalue weighted by Crippen LogP contribution is 2.40. The summed E-state index contributed by atoms with van der Waals surface area (Å²) in [4.78, 5) is 19.4. The monoisotopic (exact) mass is 491 g/mol. The standard InChI is InChI=1S/C25H22ClN5O2S/c1-14-12-13-34-22(14)21-20(24(32)28-18-6-4-5-7-19(18)33-3)15(2)27-25-29-23(30-31(21)25)16-8-10-17(26)11-9-16/h4-13,21H,1-3H3,(H,28,32)(H,27,29,30). The van der Waals surface area contributed by atoms with Crippen LogP contribution in [-0.4, -0.2) is 27.8 Å². The number of halogens is 1. The van der Waals surface area contributed by atoms with Crippen molar-refractivity contribution in [3.05, 3.63) is 86.7 Å². The van der Waals surface area contributed by atoms with Crippen LogP contribution < -0.4 is 15.4 Å². The van der Waals surface area contributed by atoms with E-state index in [0.717, 1.165) is 16.0 Å². The summed E-state index contributed by atoms with van der Waals surface area (Å²) in [5, 5.41) is 13.8. The fourth-order valence-corrected chi connectivity index (χ4v) is 5.16. The lowest BCUT2D eigenvalue weighted by Crippen LogP contribution is -2.31. The molecule has 9 heteroatoms. The Labute approximate surface area is 206 Å². The summed E-state index contributed by atoms with van der Waals surface area (Å²) in [5.41, 5.74) is 3.81. The number of carbonyl (C=O) groups is 1. The van der Waals surface area contributed by atoms with Gasteiger partial charge in [0, 0.05) is 21.2 Å². The highest BCUT2D eigenvalue weighted by molar-refractivity contribution is 7.10. The van der Waals surface area contributed by atoms with Crippen molar-refractivity contribution in [3.8, 4) is 17.1 Å². The predicted molar refractivity (Wildman–Crippen MR) is 136 cm³/mol. The van der Waals surface area contributed by atoms with Crippen LogP contribution >= 0.6 is 22.9 Å². The Morgan fingerprint density at radius 1 is 1.15 bits per heavy atom. The molecule has 0 aliphatic carbocycles. The summed E-state index contributed by atoms with van der Waals surface area (Å²) >= 11 is 7.64. The molecule has 2 aromatic heterocycles. The molecule has 4 aromatic rings. The van der Waals surface area contributed by atoms with E-state index in [9.17, 15) is 4.79 Å². The molecule has 1 atom stereocenters. The van der Waals surface area contributed by atoms with Gasteiger partial charge in [0.05, 0.1) is 18.4 Å². The maximum absolute atomic E-state index is 13.7. The number of methoxy groups -OCH3 is 1. The number of anilines is 2. The zero-order valence-corrected chi connectivity index (χ0v) is 20.4. The van der Waals surface area contributed by atoms with E-state index in [1.54, 1.807) is 35.3 Å². The molecule has 0 saturated carbocycles. The van der Waals surface area contributed by atoms with Gasteiger partial charge in [0.1, 0.15) is 11.8 Å². The second-order valence-electron chi connectivity index (χ2n) is 7.90. The van der Waals surface area contributed by atoms with Crippen LogP contribution in [0.4, 0.5) is 11.6 Å². The molecule has 1 unspecified atom stereocenters. The third-order valence-corrected chi connectivity index (χ3v) is 7.03. The number of aryl methyl sites for hydroxylation is 1. The van der Waals surface area contributed by atoms with Gasteiger partial charge in [-0.05, 0) is 67.3 Å². The number of allylic oxidation sites excluding steroid dienone is 1. The molecule has 0 spiro atoms. The Balaban J connectivity index is 1.59. The lowest BCUT2D eigenvalue weighted by atomic mass is 9.98. The van der Waals surface area contributed by atoms with Crippen molar-refractivity contribution in [1.29, 1.82) is 0 Å². The molecule has 5 rings (SSSR count). The van der Waals surface area contributed by atoms with Crippen LogP contribution in [0.15, 0.2) is 71.2 Å². The first-order valence-electron chi connectivity index (χ1n) is 10.6. The Kier molecular flexibility index (Phi) is 5.85. The summed E-state index contributed by atoms with van der Waals surface area (Å²) in [6.45, 7) is 3.92. The van der Waals surface area contributed by atoms with Gasteiger partial charge >= 0.3 is 0 Å². The fourth-order valence-electron chi connectivity index (χ4n) is 4.01. The highest BCUT2D eigenvalue weighted by atomic mass is 35.5. The molecule has 7 nitrogen and oxygen atoms in total. The Morgan fingerprint density at radius 2 is 1.91 bits per heavy atom. The summed E-state index contributed by atoms with van der Waals surface area (Å²) < 4.78 is 7.20. The maximum Gasteiger partial charge on any atom is 0.256 e. The molecule has 2 N–H and O–H groups in total. The average molecular weight is 492 g/mol. The minimum Gasteiger partial charge on any atom is -0.495 e. The molecule has 34 heavy (non-hydrogen) atoms. The van der Waals surface area contributed by atoms with Crippen LogP contribution in [-0.2, 0) is 4.79 Å². The second-order valence-corrected chi connectivity index (χ2v) is 9.28. The van der Waals surface area contributed by atoms with Crippen molar-refractivity contribution in [2.75, 3.05) is 17.7 Å². The molecule has 2 aromatic carbocycles. The van der Waals surface area contributed by atoms with Crippen LogP contribution in [0.3, 0.4) is 0 Å². The topological polar surface area (TPSA) is 81.1 Å². The van der Waals surface area contributed by atoms with E-state index in [1.165, 1.54) is 0 Å². The zero-order chi connectivity index (χ0) is 23.8. The lowest BCUT2D eigenvalue weighted by molar-refractivity contribution is -0.113. The van der Waals surface area contributed by atoms with E-state index in [-0.39, 0.29) is 5.91 Å². The number of hydrogen-bond donors (Lipinski definition) is 2. The van der Waals surface area contributed by atoms with Crippen molar-refractivity contribution in [3.63, 3.8) is 0 Å². The van der Waals surface area contributed by atoms with Crippen molar-refractivity contribution < 1.29 is 9.53 Å². The number of benzene rings is 2. The van der Waals surface area contributed by atoms with Gasteiger partial charge in [-0.1, -0.05) is 23.7 Å². The molecule has 0 fully saturated rings. The number of hydrogen-bond acceptors (Lipinski definition) is 6. The zero-order valence-electron chi connectivity index (χ0n) is 18.8. The van der Waals surface area contributed by atoms with Crippen molar-refractivity contribution >= 4 is 40.5 Å². The molecule has 1 amide bonds. The van der Waals surface area contributed by atoms with E-state index in [2.05, 4.69) is 10.6 Å². The smallest absolute Gasteiger partial charge is 0.256 e. The van der Waals surface area contributed by atoms with Crippen molar-refractivity contribution in [1.82, 2.24) is 14.8 Å². The molecule has 172 valence electrons. The number of para-hydroxylation sites is 2. The minimum absolute atomic E-state index is 0.235. The number of nitrogens with one attached hydrogen (secondary N) is 2. The molecule has 0 radical (unpaired) electrons. The van der Waals surface area contributed by atoms with E-state index < -0.39 is 6.04 Å². The number of amides is 1. The predicted octanol–water partition coefficient (Wildman–Crippen LogP) is 5.90. The fraction of sp³-hybridized carbons (Fsp3) is 0.160. The summed E-state index contributed by atoms with van der Waals surface area (Å²) in [7, 11) is 1.58. The number of rotatable bonds is 5. The molecular weight excluding hydrogens is 470 g/mol. The number of nitrogens with zero attached hydrogens (tertiary/aromatic N) is 3. The first kappa shape index (κ1) is 22.2. The van der Waals surface area contributed by atoms with Crippen molar-refractivity contribution in [2.24, 2.45) is 0 Å². The highest BCUT2D eigenvalue weighted by Gasteiger charge is 2.36. The van der Waals surface area contributed by atoms with Gasteiger partial charge in [-0.2, -0.15) is 4.98 Å². The molecule has 1 aliphatic rings. The quantitative estimate of drug-likeness (QED) is 0.363. The summed E-state index contributed by atoms with van der Waals surface area (Å²) in [6.07, 6.45) is 0. The van der Waals surface area contributed by atoms with Gasteiger partial charge in [0.2, 0.25) is 5.95 Å². The summed E-state index contributed by atoms with van der Waals surface area (Å²) in [6, 6.07) is 16.3. The normalized spacial score (nSPS) is 15.0. The number of thiophene rings is 1. The Bertz CT molecular complexity index is 1410. The molecule has 3 heterocycles. The third kappa shape index (κ3) is 3.95. The molecular formula is C25H22ClN5O2S. The van der Waals surface area contributed by atoms with Crippen LogP contribution in [0.5, 0.6) is 5.75 Å². The van der Waals surface area contributed by atoms with Gasteiger partial charge in [0.15, 0.2) is 5.82 Å². The van der Waals surface area contributed by atoms with E-state index >= 15 is 0 Å². The number of ether oxygens (including phenoxy) is 1. The first-order chi connectivity index (χ1) is 16.5. The van der Waals surface area contributed by atoms with Gasteiger partial charge in [0.25, 0.3) is 5.91 Å². The number of carbonyl (C=O) groups excluding carboxylic acids is 1. The van der Waals surface area contributed by atoms with Gasteiger partial charge in [-0.3, -0.25) is 4.79 Å². The third-order valence-electron chi connectivity index (χ3n) is 5.70. The van der Waals surface area contributed by atoms with Gasteiger partial charge < -0.3 is 15.4 Å². The number of aromatic nitrogens is 3. The Hall–Kier alpha value is -3.62. The minimum atomic E-state index is -0.431. The molecule has 0 saturated heterocycles. The Morgan fingerprint density at radius 3 is 2.62 bits per heavy atom. The van der Waals surface area contributed by atoms with Crippen LogP contribution in [0.2, 0.25) is 5.02 Å². The van der Waals surface area contributed by atoms with Crippen LogP contribution in [0, 0.1) is 6.92 Å². The van der Waals surface area contributed by atoms with Gasteiger partial charge in [-0.15, -0.1) is 16.4 Å². The van der Waals surface area contributed by atoms with Gasteiger partial charge in [-0.25, -0.2) is 4.68 Å². The summed E-state index contributed by atoms with van der Waals surface area (Å²) in [5.74, 6) is 1.49. The van der Waals surface area contributed by atoms with Crippen molar-refractivity contribution in [2.45, 2.75) is 19.9 Å². The van der Waals surface area contributed by atoms with E-state index in [1.807, 2.05) is 61.7 Å². The first-order valence-corrected chi connectivity index (χ1v) is 11.9. The maximum atomic E-state index is 13.7. The molecule has 1 aliphatic heterocycles. The number of fused-ring (bicyclic) bond motifs is 1.